The molecule has 2 amide bonds. The fourth-order valence-electron chi connectivity index (χ4n) is 4.61. The van der Waals surface area contributed by atoms with Gasteiger partial charge in [-0.15, -0.1) is 0 Å². The number of carbonyl (C=O) groups excluding carboxylic acids is 2. The van der Waals surface area contributed by atoms with E-state index in [-0.39, 0.29) is 48.0 Å². The van der Waals surface area contributed by atoms with Gasteiger partial charge < -0.3 is 10.1 Å². The largest absolute Gasteiger partial charge is 0.489 e. The van der Waals surface area contributed by atoms with Crippen LogP contribution >= 0.6 is 0 Å². The number of ether oxygens (including phenoxy) is 1. The molecule has 0 aliphatic rings. The SMILES string of the molecule is CC(C)CC(NC(=O)c1cc(COc2ccccc2)ccc1CCC(=O)NS(=O)(=O)c1ccccc1)c1ccc(F)cc1. The highest BCUT2D eigenvalue weighted by Gasteiger charge is 2.22. The molecular formula is C34H35FN2O5S. The summed E-state index contributed by atoms with van der Waals surface area (Å²) in [5, 5.41) is 3.09. The Morgan fingerprint density at radius 2 is 1.51 bits per heavy atom. The van der Waals surface area contributed by atoms with Gasteiger partial charge in [0.05, 0.1) is 10.9 Å². The summed E-state index contributed by atoms with van der Waals surface area (Å²) in [6.45, 7) is 4.29. The molecule has 43 heavy (non-hydrogen) atoms. The molecule has 0 heterocycles. The number of nitrogens with one attached hydrogen (secondary N) is 2. The zero-order valence-electron chi connectivity index (χ0n) is 24.1. The fourth-order valence-corrected chi connectivity index (χ4v) is 5.65. The van der Waals surface area contributed by atoms with Crippen LogP contribution in [0.4, 0.5) is 4.39 Å². The molecule has 0 radical (unpaired) electrons. The maximum Gasteiger partial charge on any atom is 0.264 e. The van der Waals surface area contributed by atoms with Crippen molar-refractivity contribution in [3.8, 4) is 5.75 Å². The summed E-state index contributed by atoms with van der Waals surface area (Å²) in [5.74, 6) is -0.475. The number of aryl methyl sites for hydroxylation is 1. The van der Waals surface area contributed by atoms with Gasteiger partial charge >= 0.3 is 0 Å². The zero-order chi connectivity index (χ0) is 30.8. The lowest BCUT2D eigenvalue weighted by Crippen LogP contribution is -2.32. The van der Waals surface area contributed by atoms with Crippen LogP contribution in [0.1, 0.15) is 59.8 Å². The number of halogens is 1. The van der Waals surface area contributed by atoms with E-state index in [0.717, 1.165) is 11.1 Å². The first kappa shape index (κ1) is 31.4. The first-order valence-corrected chi connectivity index (χ1v) is 15.6. The van der Waals surface area contributed by atoms with Crippen LogP contribution < -0.4 is 14.8 Å². The molecule has 0 bridgehead atoms. The molecule has 1 atom stereocenters. The van der Waals surface area contributed by atoms with Gasteiger partial charge in [0, 0.05) is 12.0 Å². The number of benzene rings is 4. The average Bonchev–Trinajstić information content (AvgIpc) is 2.99. The van der Waals surface area contributed by atoms with E-state index < -0.39 is 15.9 Å². The van der Waals surface area contributed by atoms with Crippen molar-refractivity contribution in [2.45, 2.75) is 50.7 Å². The quantitative estimate of drug-likeness (QED) is 0.186. The van der Waals surface area contributed by atoms with Crippen LogP contribution in [0.5, 0.6) is 5.75 Å². The molecule has 0 fully saturated rings. The molecular weight excluding hydrogens is 567 g/mol. The Morgan fingerprint density at radius 1 is 0.860 bits per heavy atom. The van der Waals surface area contributed by atoms with Crippen molar-refractivity contribution in [3.63, 3.8) is 0 Å². The average molecular weight is 603 g/mol. The van der Waals surface area contributed by atoms with Gasteiger partial charge in [0.1, 0.15) is 18.2 Å². The Labute approximate surface area is 252 Å². The second-order valence-corrected chi connectivity index (χ2v) is 12.3. The van der Waals surface area contributed by atoms with Crippen LogP contribution in [-0.4, -0.2) is 20.2 Å². The van der Waals surface area contributed by atoms with Gasteiger partial charge in [-0.3, -0.25) is 9.59 Å². The first-order chi connectivity index (χ1) is 20.6. The third-order valence-corrected chi connectivity index (χ3v) is 8.16. The monoisotopic (exact) mass is 602 g/mol. The van der Waals surface area contributed by atoms with E-state index in [1.807, 2.05) is 50.2 Å². The Bertz CT molecular complexity index is 1630. The summed E-state index contributed by atoms with van der Waals surface area (Å²) < 4.78 is 46.8. The normalized spacial score (nSPS) is 12.0. The Kier molecular flexibility index (Phi) is 10.7. The molecule has 0 saturated carbocycles. The van der Waals surface area contributed by atoms with E-state index in [1.54, 1.807) is 42.5 Å². The van der Waals surface area contributed by atoms with Crippen molar-refractivity contribution in [3.05, 3.63) is 131 Å². The summed E-state index contributed by atoms with van der Waals surface area (Å²) in [5.41, 5.74) is 2.45. The summed E-state index contributed by atoms with van der Waals surface area (Å²) in [6.07, 6.45) is 0.604. The highest BCUT2D eigenvalue weighted by Crippen LogP contribution is 2.24. The van der Waals surface area contributed by atoms with Crippen LogP contribution in [0.15, 0.2) is 108 Å². The van der Waals surface area contributed by atoms with Crippen molar-refractivity contribution >= 4 is 21.8 Å². The predicted molar refractivity (Wildman–Crippen MR) is 163 cm³/mol. The lowest BCUT2D eigenvalue weighted by molar-refractivity contribution is -0.119. The second-order valence-electron chi connectivity index (χ2n) is 10.6. The Morgan fingerprint density at radius 3 is 2.16 bits per heavy atom. The maximum atomic E-state index is 13.8. The number of rotatable bonds is 13. The molecule has 0 aromatic heterocycles. The van der Waals surface area contributed by atoms with Gasteiger partial charge in [0.25, 0.3) is 15.9 Å². The molecule has 4 rings (SSSR count). The summed E-state index contributed by atoms with van der Waals surface area (Å²) in [6, 6.07) is 27.9. The standard InChI is InChI=1S/C34H35FN2O5S/c1-24(2)21-32(27-15-18-28(35)19-16-27)36-34(39)31-22-25(23-42-29-9-5-3-6-10-29)13-14-26(31)17-20-33(38)37-43(40,41)30-11-7-4-8-12-30/h3-16,18-19,22,24,32H,17,20-21,23H2,1-2H3,(H,36,39)(H,37,38). The Hall–Kier alpha value is -4.50. The molecule has 0 aliphatic heterocycles. The zero-order valence-corrected chi connectivity index (χ0v) is 24.9. The van der Waals surface area contributed by atoms with Crippen LogP contribution in [-0.2, 0) is 27.8 Å². The van der Waals surface area contributed by atoms with Crippen molar-refractivity contribution in [1.82, 2.24) is 10.0 Å². The van der Waals surface area contributed by atoms with E-state index in [2.05, 4.69) is 10.0 Å². The van der Waals surface area contributed by atoms with Crippen molar-refractivity contribution in [2.75, 3.05) is 0 Å². The topological polar surface area (TPSA) is 102 Å². The minimum atomic E-state index is -4.01. The molecule has 7 nitrogen and oxygen atoms in total. The van der Waals surface area contributed by atoms with E-state index in [1.165, 1.54) is 24.3 Å². The lowest BCUT2D eigenvalue weighted by atomic mass is 9.95. The van der Waals surface area contributed by atoms with Crippen molar-refractivity contribution in [2.24, 2.45) is 5.92 Å². The molecule has 224 valence electrons. The molecule has 4 aromatic carbocycles. The molecule has 0 spiro atoms. The minimum Gasteiger partial charge on any atom is -0.489 e. The molecule has 2 N–H and O–H groups in total. The second kappa shape index (κ2) is 14.6. The highest BCUT2D eigenvalue weighted by molar-refractivity contribution is 7.90. The molecule has 9 heteroatoms. The smallest absolute Gasteiger partial charge is 0.264 e. The maximum absolute atomic E-state index is 13.8. The number of para-hydroxylation sites is 1. The minimum absolute atomic E-state index is 0.0110. The van der Waals surface area contributed by atoms with Crippen LogP contribution in [0.3, 0.4) is 0 Å². The van der Waals surface area contributed by atoms with Gasteiger partial charge in [-0.2, -0.15) is 0 Å². The first-order valence-electron chi connectivity index (χ1n) is 14.1. The van der Waals surface area contributed by atoms with E-state index >= 15 is 0 Å². The molecule has 0 saturated heterocycles. The summed E-state index contributed by atoms with van der Waals surface area (Å²) >= 11 is 0. The lowest BCUT2D eigenvalue weighted by Gasteiger charge is -2.22. The number of hydrogen-bond acceptors (Lipinski definition) is 5. The van der Waals surface area contributed by atoms with E-state index in [0.29, 0.717) is 23.3 Å². The van der Waals surface area contributed by atoms with E-state index in [9.17, 15) is 22.4 Å². The van der Waals surface area contributed by atoms with Crippen molar-refractivity contribution < 1.29 is 27.1 Å². The predicted octanol–water partition coefficient (Wildman–Crippen LogP) is 6.36. The van der Waals surface area contributed by atoms with Gasteiger partial charge in [-0.25, -0.2) is 17.5 Å². The molecule has 0 aliphatic carbocycles. The number of amides is 2. The van der Waals surface area contributed by atoms with Gasteiger partial charge in [-0.1, -0.05) is 74.5 Å². The summed E-state index contributed by atoms with van der Waals surface area (Å²) in [4.78, 5) is 26.4. The summed E-state index contributed by atoms with van der Waals surface area (Å²) in [7, 11) is -4.01. The van der Waals surface area contributed by atoms with Crippen LogP contribution in [0.25, 0.3) is 0 Å². The van der Waals surface area contributed by atoms with Crippen LogP contribution in [0.2, 0.25) is 0 Å². The van der Waals surface area contributed by atoms with Crippen molar-refractivity contribution in [1.29, 1.82) is 0 Å². The van der Waals surface area contributed by atoms with Gasteiger partial charge in [-0.05, 0) is 77.9 Å². The Balaban J connectivity index is 1.55. The highest BCUT2D eigenvalue weighted by atomic mass is 32.2. The third kappa shape index (κ3) is 9.24. The van der Waals surface area contributed by atoms with Gasteiger partial charge in [0.15, 0.2) is 0 Å². The molecule has 4 aromatic rings. The van der Waals surface area contributed by atoms with Gasteiger partial charge in [0.2, 0.25) is 5.91 Å². The van der Waals surface area contributed by atoms with Crippen LogP contribution in [0, 0.1) is 11.7 Å². The number of hydrogen-bond donors (Lipinski definition) is 2. The molecule has 1 unspecified atom stereocenters. The fraction of sp³-hybridized carbons (Fsp3) is 0.235. The third-order valence-electron chi connectivity index (χ3n) is 6.78. The van der Waals surface area contributed by atoms with E-state index in [4.69, 9.17) is 4.74 Å². The number of carbonyl (C=O) groups is 2. The number of sulfonamides is 1.